The second-order valence-electron chi connectivity index (χ2n) is 2.99. The zero-order valence-electron chi connectivity index (χ0n) is 7.56. The van der Waals surface area contributed by atoms with E-state index in [-0.39, 0.29) is 12.2 Å². The van der Waals surface area contributed by atoms with E-state index in [2.05, 4.69) is 15.9 Å². The molecule has 1 rings (SSSR count). The van der Waals surface area contributed by atoms with E-state index in [0.29, 0.717) is 10.0 Å². The fourth-order valence-corrected chi connectivity index (χ4v) is 1.64. The van der Waals surface area contributed by atoms with Gasteiger partial charge >= 0.3 is 0 Å². The van der Waals surface area contributed by atoms with Gasteiger partial charge in [0, 0.05) is 5.56 Å². The van der Waals surface area contributed by atoms with Crippen LogP contribution in [0.3, 0.4) is 0 Å². The lowest BCUT2D eigenvalue weighted by Gasteiger charge is -2.09. The molecule has 0 amide bonds. The van der Waals surface area contributed by atoms with Crippen molar-refractivity contribution in [3.05, 3.63) is 27.2 Å². The normalized spacial score (nSPS) is 9.69. The van der Waals surface area contributed by atoms with Gasteiger partial charge in [-0.1, -0.05) is 6.07 Å². The molecule has 0 aromatic heterocycles. The summed E-state index contributed by atoms with van der Waals surface area (Å²) in [7, 11) is 0. The van der Waals surface area contributed by atoms with Gasteiger partial charge in [0.2, 0.25) is 0 Å². The molecule has 2 nitrogen and oxygen atoms in total. The average molecular weight is 240 g/mol. The molecule has 0 fully saturated rings. The van der Waals surface area contributed by atoms with Gasteiger partial charge in [-0.2, -0.15) is 5.26 Å². The average Bonchev–Trinajstić information content (AvgIpc) is 2.09. The minimum atomic E-state index is 0.194. The van der Waals surface area contributed by atoms with E-state index < -0.39 is 0 Å². The van der Waals surface area contributed by atoms with Crippen LogP contribution in [-0.2, 0) is 6.42 Å². The molecule has 0 heterocycles. The standard InChI is InChI=1S/C10H10BrNO/c1-6-5-7(2)9(11)10(13)8(6)3-4-12/h5,13H,3H2,1-2H3. The van der Waals surface area contributed by atoms with Gasteiger partial charge in [0.1, 0.15) is 5.75 Å². The predicted molar refractivity (Wildman–Crippen MR) is 54.6 cm³/mol. The van der Waals surface area contributed by atoms with Gasteiger partial charge in [-0.05, 0) is 40.9 Å². The van der Waals surface area contributed by atoms with Crippen molar-refractivity contribution in [3.63, 3.8) is 0 Å². The summed E-state index contributed by atoms with van der Waals surface area (Å²) in [5.41, 5.74) is 2.65. The van der Waals surface area contributed by atoms with E-state index in [1.165, 1.54) is 0 Å². The van der Waals surface area contributed by atoms with Crippen molar-refractivity contribution < 1.29 is 5.11 Å². The van der Waals surface area contributed by atoms with Crippen LogP contribution in [0.1, 0.15) is 16.7 Å². The molecule has 0 saturated heterocycles. The lowest BCUT2D eigenvalue weighted by molar-refractivity contribution is 0.465. The number of hydrogen-bond acceptors (Lipinski definition) is 2. The summed E-state index contributed by atoms with van der Waals surface area (Å²) >= 11 is 3.27. The Morgan fingerprint density at radius 3 is 2.62 bits per heavy atom. The molecule has 68 valence electrons. The van der Waals surface area contributed by atoms with E-state index in [1.807, 2.05) is 26.0 Å². The van der Waals surface area contributed by atoms with Gasteiger partial charge in [-0.15, -0.1) is 0 Å². The maximum Gasteiger partial charge on any atom is 0.134 e. The van der Waals surface area contributed by atoms with Crippen molar-refractivity contribution in [1.82, 2.24) is 0 Å². The molecule has 13 heavy (non-hydrogen) atoms. The quantitative estimate of drug-likeness (QED) is 0.820. The molecule has 0 atom stereocenters. The van der Waals surface area contributed by atoms with Crippen molar-refractivity contribution in [3.8, 4) is 11.8 Å². The summed E-state index contributed by atoms with van der Waals surface area (Å²) in [5.74, 6) is 0.194. The zero-order valence-corrected chi connectivity index (χ0v) is 9.14. The number of aromatic hydroxyl groups is 1. The highest BCUT2D eigenvalue weighted by atomic mass is 79.9. The van der Waals surface area contributed by atoms with Crippen LogP contribution in [0.25, 0.3) is 0 Å². The number of nitriles is 1. The number of nitrogens with zero attached hydrogens (tertiary/aromatic N) is 1. The van der Waals surface area contributed by atoms with Gasteiger partial charge in [0.05, 0.1) is 17.0 Å². The van der Waals surface area contributed by atoms with Crippen LogP contribution in [0, 0.1) is 25.2 Å². The molecule has 1 N–H and O–H groups in total. The molecule has 0 saturated carbocycles. The number of rotatable bonds is 1. The van der Waals surface area contributed by atoms with Crippen molar-refractivity contribution >= 4 is 15.9 Å². The number of phenolic OH excluding ortho intramolecular Hbond substituents is 1. The summed E-state index contributed by atoms with van der Waals surface area (Å²) < 4.78 is 0.684. The fourth-order valence-electron chi connectivity index (χ4n) is 1.28. The maximum atomic E-state index is 9.69. The first-order chi connectivity index (χ1) is 6.07. The summed E-state index contributed by atoms with van der Waals surface area (Å²) in [6.45, 7) is 3.80. The Kier molecular flexibility index (Phi) is 2.94. The first-order valence-corrected chi connectivity index (χ1v) is 4.71. The van der Waals surface area contributed by atoms with Gasteiger partial charge in [0.15, 0.2) is 0 Å². The maximum absolute atomic E-state index is 9.69. The third-order valence-electron chi connectivity index (χ3n) is 2.00. The molecule has 0 radical (unpaired) electrons. The minimum absolute atomic E-state index is 0.194. The number of benzene rings is 1. The van der Waals surface area contributed by atoms with E-state index in [1.54, 1.807) is 0 Å². The Labute approximate surface area is 85.9 Å². The van der Waals surface area contributed by atoms with Gasteiger partial charge in [-0.3, -0.25) is 0 Å². The van der Waals surface area contributed by atoms with Crippen LogP contribution in [0.15, 0.2) is 10.5 Å². The molecule has 0 spiro atoms. The van der Waals surface area contributed by atoms with Crippen LogP contribution in [0.4, 0.5) is 0 Å². The number of hydrogen-bond donors (Lipinski definition) is 1. The lowest BCUT2D eigenvalue weighted by Crippen LogP contribution is -1.91. The SMILES string of the molecule is Cc1cc(C)c(CC#N)c(O)c1Br. The van der Waals surface area contributed by atoms with Crippen LogP contribution >= 0.6 is 15.9 Å². The molecular weight excluding hydrogens is 230 g/mol. The molecule has 0 aliphatic heterocycles. The van der Waals surface area contributed by atoms with Crippen molar-refractivity contribution in [1.29, 1.82) is 5.26 Å². The fraction of sp³-hybridized carbons (Fsp3) is 0.300. The van der Waals surface area contributed by atoms with Crippen molar-refractivity contribution in [2.24, 2.45) is 0 Å². The molecule has 1 aromatic carbocycles. The molecule has 0 bridgehead atoms. The zero-order chi connectivity index (χ0) is 10.0. The summed E-state index contributed by atoms with van der Waals surface area (Å²) in [6.07, 6.45) is 0.247. The van der Waals surface area contributed by atoms with Crippen molar-refractivity contribution in [2.45, 2.75) is 20.3 Å². The van der Waals surface area contributed by atoms with Crippen LogP contribution in [0.5, 0.6) is 5.75 Å². The second-order valence-corrected chi connectivity index (χ2v) is 3.78. The number of aryl methyl sites for hydroxylation is 2. The van der Waals surface area contributed by atoms with Crippen LogP contribution < -0.4 is 0 Å². The Balaban J connectivity index is 3.36. The summed E-state index contributed by atoms with van der Waals surface area (Å²) in [6, 6.07) is 3.99. The summed E-state index contributed by atoms with van der Waals surface area (Å²) in [4.78, 5) is 0. The molecule has 0 unspecified atom stereocenters. The van der Waals surface area contributed by atoms with Crippen LogP contribution in [-0.4, -0.2) is 5.11 Å². The van der Waals surface area contributed by atoms with Gasteiger partial charge < -0.3 is 5.11 Å². The molecular formula is C10H10BrNO. The third-order valence-corrected chi connectivity index (χ3v) is 3.01. The Bertz CT molecular complexity index is 379. The molecule has 3 heteroatoms. The highest BCUT2D eigenvalue weighted by Gasteiger charge is 2.10. The Hall–Kier alpha value is -1.01. The predicted octanol–water partition coefficient (Wildman–Crippen LogP) is 2.84. The smallest absolute Gasteiger partial charge is 0.134 e. The highest BCUT2D eigenvalue weighted by molar-refractivity contribution is 9.10. The van der Waals surface area contributed by atoms with E-state index in [0.717, 1.165) is 11.1 Å². The van der Waals surface area contributed by atoms with E-state index in [4.69, 9.17) is 5.26 Å². The summed E-state index contributed by atoms with van der Waals surface area (Å²) in [5, 5.41) is 18.2. The number of phenols is 1. The Morgan fingerprint density at radius 2 is 2.08 bits per heavy atom. The Morgan fingerprint density at radius 1 is 1.46 bits per heavy atom. The van der Waals surface area contributed by atoms with Crippen LogP contribution in [0.2, 0.25) is 0 Å². The molecule has 0 aliphatic rings. The number of halogens is 1. The van der Waals surface area contributed by atoms with Gasteiger partial charge in [0.25, 0.3) is 0 Å². The second kappa shape index (κ2) is 3.80. The minimum Gasteiger partial charge on any atom is -0.506 e. The largest absolute Gasteiger partial charge is 0.506 e. The highest BCUT2D eigenvalue weighted by Crippen LogP contribution is 2.33. The molecule has 0 aliphatic carbocycles. The monoisotopic (exact) mass is 239 g/mol. The van der Waals surface area contributed by atoms with Crippen molar-refractivity contribution in [2.75, 3.05) is 0 Å². The van der Waals surface area contributed by atoms with Gasteiger partial charge in [-0.25, -0.2) is 0 Å². The first-order valence-electron chi connectivity index (χ1n) is 3.92. The first kappa shape index (κ1) is 10.1. The molecule has 1 aromatic rings. The third kappa shape index (κ3) is 1.84. The lowest BCUT2D eigenvalue weighted by atomic mass is 10.0. The van der Waals surface area contributed by atoms with E-state index in [9.17, 15) is 5.11 Å². The topological polar surface area (TPSA) is 44.0 Å². The van der Waals surface area contributed by atoms with E-state index >= 15 is 0 Å².